The van der Waals surface area contributed by atoms with Crippen molar-refractivity contribution in [2.45, 2.75) is 18.5 Å². The summed E-state index contributed by atoms with van der Waals surface area (Å²) in [5, 5.41) is 9.51. The largest absolute Gasteiger partial charge is 0.388 e. The molecule has 0 radical (unpaired) electrons. The van der Waals surface area contributed by atoms with Gasteiger partial charge in [0.25, 0.3) is 0 Å². The molecule has 0 saturated carbocycles. The minimum atomic E-state index is -0.623. The Bertz CT molecular complexity index is 323. The minimum Gasteiger partial charge on any atom is -0.388 e. The highest BCUT2D eigenvalue weighted by Crippen LogP contribution is 2.26. The molecule has 2 rings (SSSR count). The Kier molecular flexibility index (Phi) is 3.16. The summed E-state index contributed by atoms with van der Waals surface area (Å²) in [6.07, 6.45) is 0.215. The number of hydrogen-bond donors (Lipinski definition) is 1. The number of hydrogen-bond acceptors (Lipinski definition) is 3. The summed E-state index contributed by atoms with van der Waals surface area (Å²) in [4.78, 5) is 0. The molecule has 3 heteroatoms. The number of ether oxygens (including phenoxy) is 2. The van der Waals surface area contributed by atoms with Crippen molar-refractivity contribution in [1.29, 1.82) is 0 Å². The van der Waals surface area contributed by atoms with Crippen LogP contribution in [0.2, 0.25) is 0 Å². The highest BCUT2D eigenvalue weighted by Gasteiger charge is 2.29. The van der Waals surface area contributed by atoms with Crippen LogP contribution in [0.15, 0.2) is 43.0 Å². The van der Waals surface area contributed by atoms with Gasteiger partial charge in [0.05, 0.1) is 6.61 Å². The van der Waals surface area contributed by atoms with Gasteiger partial charge in [0.1, 0.15) is 12.2 Å². The van der Waals surface area contributed by atoms with Crippen LogP contribution in [-0.2, 0) is 9.47 Å². The lowest BCUT2D eigenvalue weighted by Crippen LogP contribution is -2.38. The van der Waals surface area contributed by atoms with E-state index in [-0.39, 0.29) is 12.7 Å². The topological polar surface area (TPSA) is 38.7 Å². The Hall–Kier alpha value is -1.16. The van der Waals surface area contributed by atoms with E-state index in [1.165, 1.54) is 0 Å². The standard InChI is InChI=1S/C12H14O3/c1-2-11-10(13)8-14-12(15-11)9-6-4-3-5-7-9/h2-7,10-13H,1,8H2/t10-,11-,12-/m0/s1. The molecule has 3 nitrogen and oxygen atoms in total. The molecule has 1 aliphatic heterocycles. The molecule has 1 aliphatic rings. The smallest absolute Gasteiger partial charge is 0.184 e. The zero-order valence-corrected chi connectivity index (χ0v) is 8.37. The van der Waals surface area contributed by atoms with Gasteiger partial charge in [-0.2, -0.15) is 0 Å². The fourth-order valence-electron chi connectivity index (χ4n) is 1.55. The molecular formula is C12H14O3. The number of aliphatic hydroxyl groups excluding tert-OH is 1. The quantitative estimate of drug-likeness (QED) is 0.748. The normalized spacial score (nSPS) is 31.1. The van der Waals surface area contributed by atoms with Gasteiger partial charge >= 0.3 is 0 Å². The lowest BCUT2D eigenvalue weighted by Gasteiger charge is -2.32. The molecular weight excluding hydrogens is 192 g/mol. The highest BCUT2D eigenvalue weighted by atomic mass is 16.7. The van der Waals surface area contributed by atoms with Gasteiger partial charge in [0.15, 0.2) is 6.29 Å². The number of aliphatic hydroxyl groups is 1. The zero-order valence-electron chi connectivity index (χ0n) is 8.37. The van der Waals surface area contributed by atoms with E-state index in [9.17, 15) is 5.11 Å². The third-order valence-electron chi connectivity index (χ3n) is 2.38. The van der Waals surface area contributed by atoms with Crippen LogP contribution < -0.4 is 0 Å². The molecule has 1 aromatic carbocycles. The maximum absolute atomic E-state index is 9.51. The maximum atomic E-state index is 9.51. The third kappa shape index (κ3) is 2.26. The summed E-state index contributed by atoms with van der Waals surface area (Å²) >= 11 is 0. The van der Waals surface area contributed by atoms with Gasteiger partial charge in [-0.25, -0.2) is 0 Å². The lowest BCUT2D eigenvalue weighted by molar-refractivity contribution is -0.243. The van der Waals surface area contributed by atoms with Crippen molar-refractivity contribution < 1.29 is 14.6 Å². The van der Waals surface area contributed by atoms with Crippen LogP contribution in [0, 0.1) is 0 Å². The molecule has 1 fully saturated rings. The van der Waals surface area contributed by atoms with Crippen molar-refractivity contribution >= 4 is 0 Å². The summed E-state index contributed by atoms with van der Waals surface area (Å²) in [5.41, 5.74) is 0.955. The van der Waals surface area contributed by atoms with Crippen LogP contribution in [0.1, 0.15) is 11.9 Å². The van der Waals surface area contributed by atoms with E-state index >= 15 is 0 Å². The van der Waals surface area contributed by atoms with Crippen molar-refractivity contribution in [2.24, 2.45) is 0 Å². The monoisotopic (exact) mass is 206 g/mol. The van der Waals surface area contributed by atoms with Crippen LogP contribution in [0.4, 0.5) is 0 Å². The van der Waals surface area contributed by atoms with Gasteiger partial charge in [0, 0.05) is 5.56 Å². The first-order valence-corrected chi connectivity index (χ1v) is 4.94. The fraction of sp³-hybridized carbons (Fsp3) is 0.333. The lowest BCUT2D eigenvalue weighted by atomic mass is 10.1. The van der Waals surface area contributed by atoms with Crippen LogP contribution in [-0.4, -0.2) is 23.9 Å². The Morgan fingerprint density at radius 2 is 2.07 bits per heavy atom. The van der Waals surface area contributed by atoms with E-state index in [1.807, 2.05) is 30.3 Å². The predicted octanol–water partition coefficient (Wildman–Crippen LogP) is 1.65. The second kappa shape index (κ2) is 4.57. The Morgan fingerprint density at radius 3 is 2.73 bits per heavy atom. The van der Waals surface area contributed by atoms with E-state index in [4.69, 9.17) is 9.47 Å². The molecule has 0 spiro atoms. The minimum absolute atomic E-state index is 0.274. The summed E-state index contributed by atoms with van der Waals surface area (Å²) < 4.78 is 10.9. The van der Waals surface area contributed by atoms with E-state index in [2.05, 4.69) is 6.58 Å². The molecule has 1 saturated heterocycles. The van der Waals surface area contributed by atoms with Crippen LogP contribution >= 0.6 is 0 Å². The zero-order chi connectivity index (χ0) is 10.7. The molecule has 15 heavy (non-hydrogen) atoms. The van der Waals surface area contributed by atoms with Crippen molar-refractivity contribution in [1.82, 2.24) is 0 Å². The molecule has 80 valence electrons. The van der Waals surface area contributed by atoms with Gasteiger partial charge < -0.3 is 14.6 Å². The maximum Gasteiger partial charge on any atom is 0.184 e. The molecule has 1 aromatic rings. The molecule has 0 amide bonds. The van der Waals surface area contributed by atoms with Gasteiger partial charge in [0.2, 0.25) is 0 Å². The Morgan fingerprint density at radius 1 is 1.33 bits per heavy atom. The number of benzene rings is 1. The summed E-state index contributed by atoms with van der Waals surface area (Å²) in [5.74, 6) is 0. The van der Waals surface area contributed by atoms with Crippen molar-refractivity contribution in [3.05, 3.63) is 48.6 Å². The number of rotatable bonds is 2. The molecule has 0 bridgehead atoms. The Labute approximate surface area is 88.9 Å². The molecule has 3 atom stereocenters. The van der Waals surface area contributed by atoms with Gasteiger partial charge in [-0.1, -0.05) is 36.4 Å². The van der Waals surface area contributed by atoms with Gasteiger partial charge in [-0.05, 0) is 0 Å². The Balaban J connectivity index is 2.09. The van der Waals surface area contributed by atoms with E-state index in [0.29, 0.717) is 0 Å². The van der Waals surface area contributed by atoms with Crippen molar-refractivity contribution in [3.63, 3.8) is 0 Å². The molecule has 0 aromatic heterocycles. The van der Waals surface area contributed by atoms with E-state index in [0.717, 1.165) is 5.56 Å². The van der Waals surface area contributed by atoms with Crippen LogP contribution in [0.5, 0.6) is 0 Å². The SMILES string of the molecule is C=C[C@@H]1O[C@@H](c2ccccc2)OC[C@@H]1O. The summed E-state index contributed by atoms with van der Waals surface area (Å²) in [6.45, 7) is 3.90. The van der Waals surface area contributed by atoms with Crippen molar-refractivity contribution in [3.8, 4) is 0 Å². The average molecular weight is 206 g/mol. The second-order valence-corrected chi connectivity index (χ2v) is 3.48. The fourth-order valence-corrected chi connectivity index (χ4v) is 1.55. The first-order valence-electron chi connectivity index (χ1n) is 4.94. The van der Waals surface area contributed by atoms with Crippen LogP contribution in [0.3, 0.4) is 0 Å². The van der Waals surface area contributed by atoms with E-state index in [1.54, 1.807) is 6.08 Å². The molecule has 1 N–H and O–H groups in total. The summed E-state index contributed by atoms with van der Waals surface area (Å²) in [6, 6.07) is 9.66. The highest BCUT2D eigenvalue weighted by molar-refractivity contribution is 5.16. The van der Waals surface area contributed by atoms with Gasteiger partial charge in [-0.3, -0.25) is 0 Å². The van der Waals surface area contributed by atoms with Crippen molar-refractivity contribution in [2.75, 3.05) is 6.61 Å². The molecule has 0 aliphatic carbocycles. The molecule has 1 heterocycles. The third-order valence-corrected chi connectivity index (χ3v) is 2.38. The predicted molar refractivity (Wildman–Crippen MR) is 56.2 cm³/mol. The van der Waals surface area contributed by atoms with Gasteiger partial charge in [-0.15, -0.1) is 6.58 Å². The average Bonchev–Trinajstić information content (AvgIpc) is 2.31. The first kappa shape index (κ1) is 10.4. The van der Waals surface area contributed by atoms with E-state index < -0.39 is 12.4 Å². The molecule has 0 unspecified atom stereocenters. The van der Waals surface area contributed by atoms with Crippen LogP contribution in [0.25, 0.3) is 0 Å². The summed E-state index contributed by atoms with van der Waals surface area (Å²) in [7, 11) is 0. The second-order valence-electron chi connectivity index (χ2n) is 3.48. The first-order chi connectivity index (χ1) is 7.31.